The van der Waals surface area contributed by atoms with Gasteiger partial charge in [0.25, 0.3) is 5.56 Å². The smallest absolute Gasteiger partial charge is 0.267 e. The number of nitriles is 1. The van der Waals surface area contributed by atoms with Crippen LogP contribution in [-0.2, 0) is 0 Å². The number of aromatic nitrogens is 2. The lowest BCUT2D eigenvalue weighted by Crippen LogP contribution is -2.18. The zero-order valence-electron chi connectivity index (χ0n) is 6.94. The first kappa shape index (κ1) is 8.73. The molecule has 1 aromatic heterocycles. The van der Waals surface area contributed by atoms with Crippen LogP contribution in [0.2, 0.25) is 5.28 Å². The minimum Gasteiger partial charge on any atom is -0.267 e. The van der Waals surface area contributed by atoms with E-state index in [9.17, 15) is 4.79 Å². The molecule has 0 aliphatic rings. The van der Waals surface area contributed by atoms with E-state index in [2.05, 4.69) is 4.98 Å². The molecule has 68 valence electrons. The zero-order valence-corrected chi connectivity index (χ0v) is 7.69. The van der Waals surface area contributed by atoms with Gasteiger partial charge in [0.05, 0.1) is 10.9 Å². The predicted octanol–water partition coefficient (Wildman–Crippen LogP) is 1.38. The molecule has 0 amide bonds. The summed E-state index contributed by atoms with van der Waals surface area (Å²) < 4.78 is 0.754. The Morgan fingerprint density at radius 1 is 1.43 bits per heavy atom. The van der Waals surface area contributed by atoms with Crippen LogP contribution in [-0.4, -0.2) is 9.55 Å². The van der Waals surface area contributed by atoms with Gasteiger partial charge in [-0.2, -0.15) is 9.83 Å². The Kier molecular flexibility index (Phi) is 1.95. The summed E-state index contributed by atoms with van der Waals surface area (Å²) in [7, 11) is 0. The second kappa shape index (κ2) is 3.13. The number of hydrogen-bond acceptors (Lipinski definition) is 3. The fraction of sp³-hybridized carbons (Fsp3) is 0. The van der Waals surface area contributed by atoms with Crippen LogP contribution in [0, 0.1) is 11.5 Å². The molecule has 14 heavy (non-hydrogen) atoms. The second-order valence-corrected chi connectivity index (χ2v) is 2.98. The van der Waals surface area contributed by atoms with Gasteiger partial charge < -0.3 is 0 Å². The highest BCUT2D eigenvalue weighted by molar-refractivity contribution is 6.28. The molecule has 4 nitrogen and oxygen atoms in total. The Hall–Kier alpha value is -1.86. The van der Waals surface area contributed by atoms with Gasteiger partial charge in [-0.3, -0.25) is 4.79 Å². The van der Waals surface area contributed by atoms with Gasteiger partial charge >= 0.3 is 0 Å². The minimum atomic E-state index is -0.442. The van der Waals surface area contributed by atoms with Crippen LogP contribution in [0.1, 0.15) is 0 Å². The molecular formula is C9H4ClN3O. The number of para-hydroxylation sites is 1. The summed E-state index contributed by atoms with van der Waals surface area (Å²) >= 11 is 5.64. The fourth-order valence-corrected chi connectivity index (χ4v) is 1.40. The van der Waals surface area contributed by atoms with Crippen LogP contribution in [0.3, 0.4) is 0 Å². The summed E-state index contributed by atoms with van der Waals surface area (Å²) in [5.74, 6) is 0. The van der Waals surface area contributed by atoms with Gasteiger partial charge in [-0.1, -0.05) is 12.1 Å². The Morgan fingerprint density at radius 2 is 2.14 bits per heavy atom. The van der Waals surface area contributed by atoms with E-state index in [-0.39, 0.29) is 5.28 Å². The van der Waals surface area contributed by atoms with Gasteiger partial charge in [-0.05, 0) is 23.7 Å². The first-order valence-electron chi connectivity index (χ1n) is 3.81. The highest BCUT2D eigenvalue weighted by atomic mass is 35.5. The van der Waals surface area contributed by atoms with Crippen molar-refractivity contribution in [2.24, 2.45) is 0 Å². The molecule has 5 heteroatoms. The van der Waals surface area contributed by atoms with E-state index >= 15 is 0 Å². The van der Waals surface area contributed by atoms with Gasteiger partial charge in [0.15, 0.2) is 6.19 Å². The van der Waals surface area contributed by atoms with E-state index in [0.29, 0.717) is 10.9 Å². The topological polar surface area (TPSA) is 58.7 Å². The van der Waals surface area contributed by atoms with Gasteiger partial charge in [-0.15, -0.1) is 0 Å². The number of benzene rings is 1. The molecule has 0 atom stereocenters. The Morgan fingerprint density at radius 3 is 2.86 bits per heavy atom. The van der Waals surface area contributed by atoms with Gasteiger partial charge in [0, 0.05) is 0 Å². The normalized spacial score (nSPS) is 10.0. The Labute approximate surface area is 84.0 Å². The molecule has 0 saturated heterocycles. The third-order valence-corrected chi connectivity index (χ3v) is 2.09. The van der Waals surface area contributed by atoms with Crippen molar-refractivity contribution in [3.05, 3.63) is 39.9 Å². The summed E-state index contributed by atoms with van der Waals surface area (Å²) in [5, 5.41) is 8.92. The summed E-state index contributed by atoms with van der Waals surface area (Å²) in [6, 6.07) is 6.74. The van der Waals surface area contributed by atoms with Crippen LogP contribution in [0.5, 0.6) is 0 Å². The van der Waals surface area contributed by atoms with Crippen molar-refractivity contribution in [3.63, 3.8) is 0 Å². The largest absolute Gasteiger partial charge is 0.275 e. The molecule has 0 fully saturated rings. The van der Waals surface area contributed by atoms with E-state index in [4.69, 9.17) is 16.9 Å². The lowest BCUT2D eigenvalue weighted by molar-refractivity contribution is 0.982. The Bertz CT molecular complexity index is 597. The quantitative estimate of drug-likeness (QED) is 0.611. The predicted molar refractivity (Wildman–Crippen MR) is 52.0 cm³/mol. The van der Waals surface area contributed by atoms with Crippen LogP contribution in [0.15, 0.2) is 29.1 Å². The summed E-state index contributed by atoms with van der Waals surface area (Å²) in [6.07, 6.45) is 1.67. The first-order valence-corrected chi connectivity index (χ1v) is 4.19. The lowest BCUT2D eigenvalue weighted by Gasteiger charge is -1.99. The molecule has 2 aromatic rings. The molecule has 0 N–H and O–H groups in total. The fourth-order valence-electron chi connectivity index (χ4n) is 1.19. The molecular weight excluding hydrogens is 202 g/mol. The van der Waals surface area contributed by atoms with Gasteiger partial charge in [-0.25, -0.2) is 4.98 Å². The highest BCUT2D eigenvalue weighted by Gasteiger charge is 2.07. The maximum atomic E-state index is 11.6. The Balaban J connectivity index is 3.03. The third kappa shape index (κ3) is 1.15. The standard InChI is InChI=1S/C9H4ClN3O/c10-9-12-7-4-2-1-3-6(7)8(14)13(9)5-11/h1-4H. The summed E-state index contributed by atoms with van der Waals surface area (Å²) in [6.45, 7) is 0. The maximum absolute atomic E-state index is 11.6. The van der Waals surface area contributed by atoms with Crippen molar-refractivity contribution in [3.8, 4) is 6.19 Å². The lowest BCUT2D eigenvalue weighted by atomic mass is 10.2. The maximum Gasteiger partial charge on any atom is 0.275 e. The van der Waals surface area contributed by atoms with Crippen molar-refractivity contribution in [2.45, 2.75) is 0 Å². The molecule has 0 unspecified atom stereocenters. The van der Waals surface area contributed by atoms with E-state index in [1.165, 1.54) is 0 Å². The number of rotatable bonds is 0. The minimum absolute atomic E-state index is 0.115. The summed E-state index contributed by atoms with van der Waals surface area (Å²) in [5.41, 5.74) is 0.0529. The van der Waals surface area contributed by atoms with Crippen molar-refractivity contribution in [2.75, 3.05) is 0 Å². The van der Waals surface area contributed by atoms with Crippen molar-refractivity contribution >= 4 is 22.5 Å². The molecule has 1 aromatic carbocycles. The molecule has 0 saturated carbocycles. The summed E-state index contributed by atoms with van der Waals surface area (Å²) in [4.78, 5) is 15.5. The zero-order chi connectivity index (χ0) is 10.1. The third-order valence-electron chi connectivity index (χ3n) is 1.83. The molecule has 0 aliphatic heterocycles. The molecule has 1 heterocycles. The SMILES string of the molecule is N#Cn1c(Cl)nc2ccccc2c1=O. The number of halogens is 1. The average Bonchev–Trinajstić information content (AvgIpc) is 2.18. The van der Waals surface area contributed by atoms with Crippen molar-refractivity contribution in [1.29, 1.82) is 5.26 Å². The first-order chi connectivity index (χ1) is 6.74. The molecule has 2 rings (SSSR count). The number of fused-ring (bicyclic) bond motifs is 1. The van der Waals surface area contributed by atoms with E-state index in [1.807, 2.05) is 0 Å². The molecule has 0 bridgehead atoms. The van der Waals surface area contributed by atoms with Gasteiger partial charge in [0.2, 0.25) is 5.28 Å². The van der Waals surface area contributed by atoms with Gasteiger partial charge in [0.1, 0.15) is 0 Å². The number of hydrogen-bond donors (Lipinski definition) is 0. The van der Waals surface area contributed by atoms with E-state index < -0.39 is 5.56 Å². The van der Waals surface area contributed by atoms with E-state index in [0.717, 1.165) is 4.57 Å². The molecule has 0 radical (unpaired) electrons. The van der Waals surface area contributed by atoms with Crippen LogP contribution < -0.4 is 5.56 Å². The van der Waals surface area contributed by atoms with Crippen LogP contribution >= 0.6 is 11.6 Å². The number of nitrogens with zero attached hydrogens (tertiary/aromatic N) is 3. The van der Waals surface area contributed by atoms with Crippen LogP contribution in [0.4, 0.5) is 0 Å². The average molecular weight is 206 g/mol. The van der Waals surface area contributed by atoms with Crippen molar-refractivity contribution < 1.29 is 0 Å². The second-order valence-electron chi connectivity index (χ2n) is 2.64. The molecule has 0 spiro atoms. The molecule has 0 aliphatic carbocycles. The highest BCUT2D eigenvalue weighted by Crippen LogP contribution is 2.09. The monoisotopic (exact) mass is 205 g/mol. The van der Waals surface area contributed by atoms with Crippen molar-refractivity contribution in [1.82, 2.24) is 9.55 Å². The van der Waals surface area contributed by atoms with Crippen LogP contribution in [0.25, 0.3) is 10.9 Å². The van der Waals surface area contributed by atoms with E-state index in [1.54, 1.807) is 30.5 Å².